The van der Waals surface area contributed by atoms with Crippen LogP contribution in [0.25, 0.3) is 16.8 Å². The van der Waals surface area contributed by atoms with Gasteiger partial charge in [-0.1, -0.05) is 58.4 Å². The average Bonchev–Trinajstić information content (AvgIpc) is 3.01. The van der Waals surface area contributed by atoms with E-state index in [1.165, 1.54) is 0 Å². The standard InChI is InChI=1S/C23H16BrNO4S/c1-29-20-11-8-14-4-2-3-5-17(14)18(20)12-21-22(27)25(23(28)30-21)13-19(26)15-6-9-16(24)10-7-15/h2-12H,13H2,1H3/b21-12+. The first kappa shape index (κ1) is 20.4. The molecule has 1 aliphatic rings. The van der Waals surface area contributed by atoms with Crippen LogP contribution < -0.4 is 4.74 Å². The fraction of sp³-hybridized carbons (Fsp3) is 0.0870. The van der Waals surface area contributed by atoms with Crippen molar-refractivity contribution in [2.45, 2.75) is 0 Å². The second-order valence-electron chi connectivity index (χ2n) is 6.60. The molecular weight excluding hydrogens is 466 g/mol. The molecule has 2 amide bonds. The van der Waals surface area contributed by atoms with Crippen LogP contribution in [0.3, 0.4) is 0 Å². The summed E-state index contributed by atoms with van der Waals surface area (Å²) in [5, 5.41) is 1.44. The van der Waals surface area contributed by atoms with E-state index < -0.39 is 11.1 Å². The summed E-state index contributed by atoms with van der Waals surface area (Å²) in [6.45, 7) is -0.295. The number of hydrogen-bond acceptors (Lipinski definition) is 5. The molecule has 1 heterocycles. The minimum absolute atomic E-state index is 0.262. The Morgan fingerprint density at radius 1 is 1.07 bits per heavy atom. The number of Topliss-reactive ketones (excluding diaryl/α,β-unsaturated/α-hetero) is 1. The van der Waals surface area contributed by atoms with Crippen molar-refractivity contribution in [3.8, 4) is 5.75 Å². The predicted octanol–water partition coefficient (Wildman–Crippen LogP) is 5.53. The normalized spacial score (nSPS) is 15.3. The zero-order valence-corrected chi connectivity index (χ0v) is 18.3. The second-order valence-corrected chi connectivity index (χ2v) is 8.51. The molecule has 0 N–H and O–H groups in total. The van der Waals surface area contributed by atoms with Crippen LogP contribution in [0.4, 0.5) is 4.79 Å². The van der Waals surface area contributed by atoms with E-state index in [9.17, 15) is 14.4 Å². The monoisotopic (exact) mass is 481 g/mol. The summed E-state index contributed by atoms with van der Waals surface area (Å²) in [6, 6.07) is 18.3. The highest BCUT2D eigenvalue weighted by atomic mass is 79.9. The van der Waals surface area contributed by atoms with E-state index in [4.69, 9.17) is 4.74 Å². The van der Waals surface area contributed by atoms with Crippen molar-refractivity contribution in [2.24, 2.45) is 0 Å². The van der Waals surface area contributed by atoms with Crippen LogP contribution in [0.15, 0.2) is 70.0 Å². The Kier molecular flexibility index (Phi) is 5.74. The molecule has 0 radical (unpaired) electrons. The van der Waals surface area contributed by atoms with Crippen LogP contribution in [0.2, 0.25) is 0 Å². The van der Waals surface area contributed by atoms with Gasteiger partial charge in [0, 0.05) is 15.6 Å². The summed E-state index contributed by atoms with van der Waals surface area (Å²) >= 11 is 4.15. The lowest BCUT2D eigenvalue weighted by Gasteiger charge is -2.12. The number of benzene rings is 3. The smallest absolute Gasteiger partial charge is 0.293 e. The molecule has 1 aliphatic heterocycles. The van der Waals surface area contributed by atoms with Crippen LogP contribution in [0.1, 0.15) is 15.9 Å². The number of carbonyl (C=O) groups is 3. The highest BCUT2D eigenvalue weighted by Gasteiger charge is 2.36. The number of methoxy groups -OCH3 is 1. The number of thioether (sulfide) groups is 1. The van der Waals surface area contributed by atoms with E-state index in [1.807, 2.05) is 36.4 Å². The molecule has 1 fully saturated rings. The number of halogens is 1. The third-order valence-corrected chi connectivity index (χ3v) is 6.20. The van der Waals surface area contributed by atoms with E-state index in [2.05, 4.69) is 15.9 Å². The van der Waals surface area contributed by atoms with Crippen molar-refractivity contribution < 1.29 is 19.1 Å². The topological polar surface area (TPSA) is 63.7 Å². The van der Waals surface area contributed by atoms with Crippen LogP contribution >= 0.6 is 27.7 Å². The number of ketones is 1. The van der Waals surface area contributed by atoms with Crippen molar-refractivity contribution in [3.05, 3.63) is 81.2 Å². The number of nitrogens with zero attached hydrogens (tertiary/aromatic N) is 1. The molecule has 0 bridgehead atoms. The van der Waals surface area contributed by atoms with E-state index in [-0.39, 0.29) is 17.2 Å². The Labute approximate surface area is 185 Å². The van der Waals surface area contributed by atoms with Crippen molar-refractivity contribution in [3.63, 3.8) is 0 Å². The van der Waals surface area contributed by atoms with Gasteiger partial charge in [0.25, 0.3) is 11.1 Å². The molecule has 0 unspecified atom stereocenters. The molecule has 4 rings (SSSR count). The van der Waals surface area contributed by atoms with E-state index in [0.717, 1.165) is 37.5 Å². The Bertz CT molecular complexity index is 1200. The largest absolute Gasteiger partial charge is 0.496 e. The third-order valence-electron chi connectivity index (χ3n) is 4.77. The van der Waals surface area contributed by atoms with Gasteiger partial charge >= 0.3 is 0 Å². The van der Waals surface area contributed by atoms with Crippen molar-refractivity contribution in [2.75, 3.05) is 13.7 Å². The maximum atomic E-state index is 12.9. The number of imide groups is 1. The molecule has 7 heteroatoms. The summed E-state index contributed by atoms with van der Waals surface area (Å²) in [5.41, 5.74) is 1.16. The lowest BCUT2D eigenvalue weighted by Crippen LogP contribution is -2.33. The second kappa shape index (κ2) is 8.45. The van der Waals surface area contributed by atoms with Crippen molar-refractivity contribution >= 4 is 61.5 Å². The van der Waals surface area contributed by atoms with E-state index in [0.29, 0.717) is 11.3 Å². The number of rotatable bonds is 5. The number of fused-ring (bicyclic) bond motifs is 1. The van der Waals surface area contributed by atoms with E-state index >= 15 is 0 Å². The fourth-order valence-corrected chi connectivity index (χ4v) is 4.32. The predicted molar refractivity (Wildman–Crippen MR) is 122 cm³/mol. The SMILES string of the molecule is COc1ccc2ccccc2c1/C=C1/SC(=O)N(CC(=O)c2ccc(Br)cc2)C1=O. The number of hydrogen-bond donors (Lipinski definition) is 0. The minimum Gasteiger partial charge on any atom is -0.496 e. The zero-order chi connectivity index (χ0) is 21.3. The van der Waals surface area contributed by atoms with Gasteiger partial charge in [0.2, 0.25) is 0 Å². The lowest BCUT2D eigenvalue weighted by atomic mass is 10.0. The molecule has 5 nitrogen and oxygen atoms in total. The van der Waals surface area contributed by atoms with Gasteiger partial charge in [-0.05, 0) is 46.8 Å². The molecule has 0 aromatic heterocycles. The molecule has 0 aliphatic carbocycles. The highest BCUT2D eigenvalue weighted by molar-refractivity contribution is 9.10. The maximum Gasteiger partial charge on any atom is 0.293 e. The number of carbonyl (C=O) groups excluding carboxylic acids is 3. The summed E-state index contributed by atoms with van der Waals surface area (Å²) < 4.78 is 6.31. The Hall–Kier alpha value is -2.90. The summed E-state index contributed by atoms with van der Waals surface area (Å²) in [7, 11) is 1.56. The maximum absolute atomic E-state index is 12.9. The Balaban J connectivity index is 1.64. The van der Waals surface area contributed by atoms with Gasteiger partial charge in [-0.3, -0.25) is 19.3 Å². The molecule has 30 heavy (non-hydrogen) atoms. The first-order chi connectivity index (χ1) is 14.5. The molecule has 0 atom stereocenters. The minimum atomic E-state index is -0.481. The first-order valence-electron chi connectivity index (χ1n) is 9.08. The summed E-state index contributed by atoms with van der Waals surface area (Å²) in [5.74, 6) is -0.175. The molecule has 3 aromatic rings. The van der Waals surface area contributed by atoms with Gasteiger partial charge in [0.1, 0.15) is 5.75 Å². The van der Waals surface area contributed by atoms with Gasteiger partial charge in [0.15, 0.2) is 5.78 Å². The quantitative estimate of drug-likeness (QED) is 0.354. The van der Waals surface area contributed by atoms with Crippen LogP contribution in [0, 0.1) is 0 Å². The van der Waals surface area contributed by atoms with Crippen molar-refractivity contribution in [1.82, 2.24) is 4.90 Å². The molecule has 0 saturated carbocycles. The number of ether oxygens (including phenoxy) is 1. The van der Waals surface area contributed by atoms with Crippen LogP contribution in [0.5, 0.6) is 5.75 Å². The Morgan fingerprint density at radius 2 is 1.80 bits per heavy atom. The summed E-state index contributed by atoms with van der Waals surface area (Å²) in [6.07, 6.45) is 1.66. The van der Waals surface area contributed by atoms with Gasteiger partial charge in [-0.15, -0.1) is 0 Å². The zero-order valence-electron chi connectivity index (χ0n) is 15.9. The van der Waals surface area contributed by atoms with Gasteiger partial charge in [-0.25, -0.2) is 0 Å². The van der Waals surface area contributed by atoms with Gasteiger partial charge in [-0.2, -0.15) is 0 Å². The van der Waals surface area contributed by atoms with E-state index in [1.54, 1.807) is 37.5 Å². The third kappa shape index (κ3) is 3.91. The molecular formula is C23H16BrNO4S. The van der Waals surface area contributed by atoms with Crippen LogP contribution in [-0.2, 0) is 4.79 Å². The Morgan fingerprint density at radius 3 is 2.53 bits per heavy atom. The lowest BCUT2D eigenvalue weighted by molar-refractivity contribution is -0.122. The summed E-state index contributed by atoms with van der Waals surface area (Å²) in [4.78, 5) is 39.1. The molecule has 1 saturated heterocycles. The highest BCUT2D eigenvalue weighted by Crippen LogP contribution is 2.36. The molecule has 3 aromatic carbocycles. The first-order valence-corrected chi connectivity index (χ1v) is 10.7. The fourth-order valence-electron chi connectivity index (χ4n) is 3.24. The van der Waals surface area contributed by atoms with Crippen LogP contribution in [-0.4, -0.2) is 35.5 Å². The van der Waals surface area contributed by atoms with Gasteiger partial charge in [0.05, 0.1) is 18.6 Å². The number of amides is 2. The van der Waals surface area contributed by atoms with Gasteiger partial charge < -0.3 is 4.74 Å². The molecule has 150 valence electrons. The molecule has 0 spiro atoms. The van der Waals surface area contributed by atoms with Crippen molar-refractivity contribution in [1.29, 1.82) is 0 Å². The average molecular weight is 482 g/mol.